The number of amides is 1. The van der Waals surface area contributed by atoms with E-state index in [4.69, 9.17) is 18.9 Å². The standard InChI is InChI=1S/C33H37N3O5/c1-21(2)17-19-41-26-13-9-24(10-14-26)32-29-30(23-7-11-25(38-3)12-8-23)34-35-31(29)33(37)36(32)18-16-22-6-15-27(39-4)28(20-22)40-5/h6-15,20-21,32H,16-19H2,1-5H3,(H,34,35). The molecule has 1 N–H and O–H groups in total. The van der Waals surface area contributed by atoms with Gasteiger partial charge in [0.15, 0.2) is 11.5 Å². The lowest BCUT2D eigenvalue weighted by Gasteiger charge is -2.27. The van der Waals surface area contributed by atoms with Gasteiger partial charge < -0.3 is 23.8 Å². The van der Waals surface area contributed by atoms with Crippen molar-refractivity contribution in [1.29, 1.82) is 0 Å². The molecule has 0 aliphatic carbocycles. The lowest BCUT2D eigenvalue weighted by molar-refractivity contribution is 0.0746. The number of hydrogen-bond acceptors (Lipinski definition) is 6. The van der Waals surface area contributed by atoms with Gasteiger partial charge in [-0.25, -0.2) is 0 Å². The first-order valence-corrected chi connectivity index (χ1v) is 13.9. The Labute approximate surface area is 241 Å². The molecule has 0 saturated heterocycles. The second-order valence-corrected chi connectivity index (χ2v) is 10.5. The molecule has 8 nitrogen and oxygen atoms in total. The Bertz CT molecular complexity index is 1480. The number of benzene rings is 3. The van der Waals surface area contributed by atoms with Crippen LogP contribution >= 0.6 is 0 Å². The zero-order chi connectivity index (χ0) is 28.9. The molecule has 8 heteroatoms. The highest BCUT2D eigenvalue weighted by Crippen LogP contribution is 2.43. The molecular weight excluding hydrogens is 518 g/mol. The quantitative estimate of drug-likeness (QED) is 0.220. The van der Waals surface area contributed by atoms with Crippen molar-refractivity contribution in [1.82, 2.24) is 15.1 Å². The van der Waals surface area contributed by atoms with Gasteiger partial charge in [-0.3, -0.25) is 9.89 Å². The summed E-state index contributed by atoms with van der Waals surface area (Å²) in [5, 5.41) is 7.63. The molecule has 0 fully saturated rings. The monoisotopic (exact) mass is 555 g/mol. The van der Waals surface area contributed by atoms with E-state index in [0.29, 0.717) is 42.7 Å². The predicted octanol–water partition coefficient (Wildman–Crippen LogP) is 6.32. The number of methoxy groups -OCH3 is 3. The Morgan fingerprint density at radius 2 is 1.59 bits per heavy atom. The molecule has 214 valence electrons. The molecule has 41 heavy (non-hydrogen) atoms. The number of fused-ring (bicyclic) bond motifs is 1. The van der Waals surface area contributed by atoms with Crippen molar-refractivity contribution in [2.45, 2.75) is 32.7 Å². The van der Waals surface area contributed by atoms with Crippen molar-refractivity contribution in [2.24, 2.45) is 5.92 Å². The average molecular weight is 556 g/mol. The van der Waals surface area contributed by atoms with Gasteiger partial charge in [0.1, 0.15) is 17.2 Å². The summed E-state index contributed by atoms with van der Waals surface area (Å²) in [4.78, 5) is 15.7. The van der Waals surface area contributed by atoms with Crippen molar-refractivity contribution in [3.05, 3.63) is 89.1 Å². The fourth-order valence-electron chi connectivity index (χ4n) is 5.19. The summed E-state index contributed by atoms with van der Waals surface area (Å²) >= 11 is 0. The van der Waals surface area contributed by atoms with Gasteiger partial charge in [-0.1, -0.05) is 32.0 Å². The third kappa shape index (κ3) is 5.87. The third-order valence-corrected chi connectivity index (χ3v) is 7.48. The van der Waals surface area contributed by atoms with E-state index in [0.717, 1.165) is 45.9 Å². The first kappa shape index (κ1) is 28.1. The Balaban J connectivity index is 1.47. The van der Waals surface area contributed by atoms with Crippen molar-refractivity contribution < 1.29 is 23.7 Å². The molecule has 0 bridgehead atoms. The maximum Gasteiger partial charge on any atom is 0.273 e. The minimum absolute atomic E-state index is 0.0741. The molecule has 2 heterocycles. The van der Waals surface area contributed by atoms with Crippen molar-refractivity contribution in [3.63, 3.8) is 0 Å². The average Bonchev–Trinajstić information content (AvgIpc) is 3.54. The molecular formula is C33H37N3O5. The summed E-state index contributed by atoms with van der Waals surface area (Å²) in [6.45, 7) is 5.55. The van der Waals surface area contributed by atoms with E-state index in [-0.39, 0.29) is 11.9 Å². The minimum atomic E-state index is -0.307. The lowest BCUT2D eigenvalue weighted by Crippen LogP contribution is -2.31. The van der Waals surface area contributed by atoms with Crippen LogP contribution in [0, 0.1) is 5.92 Å². The molecule has 1 atom stereocenters. The van der Waals surface area contributed by atoms with Crippen LogP contribution in [-0.2, 0) is 6.42 Å². The number of ether oxygens (including phenoxy) is 4. The number of carbonyl (C=O) groups excluding carboxylic acids is 1. The molecule has 1 aliphatic rings. The topological polar surface area (TPSA) is 85.9 Å². The number of aromatic amines is 1. The second kappa shape index (κ2) is 12.4. The molecule has 0 saturated carbocycles. The van der Waals surface area contributed by atoms with Gasteiger partial charge in [-0.15, -0.1) is 0 Å². The number of aromatic nitrogens is 2. The molecule has 1 aromatic heterocycles. The van der Waals surface area contributed by atoms with E-state index in [1.807, 2.05) is 71.6 Å². The Hall–Kier alpha value is -4.46. The largest absolute Gasteiger partial charge is 0.497 e. The van der Waals surface area contributed by atoms with Crippen LogP contribution in [0.2, 0.25) is 0 Å². The fourth-order valence-corrected chi connectivity index (χ4v) is 5.19. The number of nitrogens with one attached hydrogen (secondary N) is 1. The van der Waals surface area contributed by atoms with Crippen LogP contribution in [0.15, 0.2) is 66.7 Å². The smallest absolute Gasteiger partial charge is 0.273 e. The lowest BCUT2D eigenvalue weighted by atomic mass is 9.95. The van der Waals surface area contributed by atoms with E-state index in [1.54, 1.807) is 21.3 Å². The minimum Gasteiger partial charge on any atom is -0.497 e. The van der Waals surface area contributed by atoms with Gasteiger partial charge in [-0.2, -0.15) is 5.10 Å². The maximum atomic E-state index is 13.8. The van der Waals surface area contributed by atoms with Crippen LogP contribution in [0.1, 0.15) is 53.5 Å². The van der Waals surface area contributed by atoms with Gasteiger partial charge in [-0.05, 0) is 78.4 Å². The number of nitrogens with zero attached hydrogens (tertiary/aromatic N) is 2. The van der Waals surface area contributed by atoms with Gasteiger partial charge in [0.05, 0.1) is 39.7 Å². The van der Waals surface area contributed by atoms with E-state index in [2.05, 4.69) is 24.0 Å². The highest BCUT2D eigenvalue weighted by Gasteiger charge is 2.42. The van der Waals surface area contributed by atoms with Gasteiger partial charge >= 0.3 is 0 Å². The molecule has 5 rings (SSSR count). The van der Waals surface area contributed by atoms with Crippen LogP contribution in [0.5, 0.6) is 23.0 Å². The Kier molecular flexibility index (Phi) is 8.47. The molecule has 4 aromatic rings. The summed E-state index contributed by atoms with van der Waals surface area (Å²) in [7, 11) is 4.88. The number of hydrogen-bond donors (Lipinski definition) is 1. The van der Waals surface area contributed by atoms with Crippen LogP contribution in [-0.4, -0.2) is 55.5 Å². The first-order valence-electron chi connectivity index (χ1n) is 13.9. The first-order chi connectivity index (χ1) is 19.9. The summed E-state index contributed by atoms with van der Waals surface area (Å²) in [5.74, 6) is 3.42. The van der Waals surface area contributed by atoms with Gasteiger partial charge in [0.25, 0.3) is 5.91 Å². The highest BCUT2D eigenvalue weighted by atomic mass is 16.5. The summed E-state index contributed by atoms with van der Waals surface area (Å²) in [5.41, 5.74) is 5.11. The highest BCUT2D eigenvalue weighted by molar-refractivity contribution is 6.00. The molecule has 0 spiro atoms. The molecule has 3 aromatic carbocycles. The number of H-pyrrole nitrogens is 1. The number of carbonyl (C=O) groups is 1. The third-order valence-electron chi connectivity index (χ3n) is 7.48. The summed E-state index contributed by atoms with van der Waals surface area (Å²) in [6, 6.07) is 21.4. The van der Waals surface area contributed by atoms with Crippen LogP contribution in [0.4, 0.5) is 0 Å². The van der Waals surface area contributed by atoms with E-state index < -0.39 is 0 Å². The van der Waals surface area contributed by atoms with Gasteiger partial charge in [0, 0.05) is 17.7 Å². The Morgan fingerprint density at radius 1 is 0.878 bits per heavy atom. The molecule has 1 amide bonds. The van der Waals surface area contributed by atoms with Crippen LogP contribution < -0.4 is 18.9 Å². The van der Waals surface area contributed by atoms with E-state index >= 15 is 0 Å². The maximum absolute atomic E-state index is 13.8. The SMILES string of the molecule is COc1ccc(-c2n[nH]c3c2C(c2ccc(OCCC(C)C)cc2)N(CCc2ccc(OC)c(OC)c2)C3=O)cc1. The van der Waals surface area contributed by atoms with Crippen molar-refractivity contribution >= 4 is 5.91 Å². The molecule has 1 unspecified atom stereocenters. The zero-order valence-corrected chi connectivity index (χ0v) is 24.3. The predicted molar refractivity (Wildman–Crippen MR) is 158 cm³/mol. The normalized spacial score (nSPS) is 14.3. The molecule has 0 radical (unpaired) electrons. The van der Waals surface area contributed by atoms with E-state index in [1.165, 1.54) is 0 Å². The van der Waals surface area contributed by atoms with Crippen molar-refractivity contribution in [2.75, 3.05) is 34.5 Å². The number of rotatable bonds is 12. The molecule has 1 aliphatic heterocycles. The fraction of sp³-hybridized carbons (Fsp3) is 0.333. The zero-order valence-electron chi connectivity index (χ0n) is 24.3. The Morgan fingerprint density at radius 3 is 2.24 bits per heavy atom. The van der Waals surface area contributed by atoms with Crippen molar-refractivity contribution in [3.8, 4) is 34.3 Å². The van der Waals surface area contributed by atoms with Crippen LogP contribution in [0.25, 0.3) is 11.3 Å². The van der Waals surface area contributed by atoms with E-state index in [9.17, 15) is 4.79 Å². The summed E-state index contributed by atoms with van der Waals surface area (Å²) < 4.78 is 22.2. The summed E-state index contributed by atoms with van der Waals surface area (Å²) in [6.07, 6.45) is 1.64. The van der Waals surface area contributed by atoms with Crippen LogP contribution in [0.3, 0.4) is 0 Å². The second-order valence-electron chi connectivity index (χ2n) is 10.5. The van der Waals surface area contributed by atoms with Gasteiger partial charge in [0.2, 0.25) is 0 Å².